The van der Waals surface area contributed by atoms with Gasteiger partial charge in [-0.15, -0.1) is 0 Å². The van der Waals surface area contributed by atoms with Crippen molar-refractivity contribution in [2.24, 2.45) is 5.10 Å². The molecule has 178 valence electrons. The summed E-state index contributed by atoms with van der Waals surface area (Å²) in [5.41, 5.74) is 3.72. The summed E-state index contributed by atoms with van der Waals surface area (Å²) in [7, 11) is -2.13. The van der Waals surface area contributed by atoms with Crippen molar-refractivity contribution in [2.45, 2.75) is 31.1 Å². The molecule has 0 radical (unpaired) electrons. The molecule has 0 spiro atoms. The lowest BCUT2D eigenvalue weighted by Gasteiger charge is -2.25. The average molecular weight is 483 g/mol. The van der Waals surface area contributed by atoms with Gasteiger partial charge >= 0.3 is 0 Å². The molecule has 2 N–H and O–H groups in total. The Hall–Kier alpha value is -3.68. The fourth-order valence-corrected chi connectivity index (χ4v) is 5.00. The Labute approximate surface area is 199 Å². The van der Waals surface area contributed by atoms with Crippen LogP contribution in [0.25, 0.3) is 6.08 Å². The number of aromatic hydroxyl groups is 1. The van der Waals surface area contributed by atoms with Gasteiger partial charge in [0.15, 0.2) is 11.5 Å². The number of carbonyl (C=O) groups excluding carboxylic acids is 1. The van der Waals surface area contributed by atoms with Gasteiger partial charge in [-0.2, -0.15) is 14.7 Å². The second-order valence-electron chi connectivity index (χ2n) is 7.73. The number of phenols is 1. The van der Waals surface area contributed by atoms with Crippen molar-refractivity contribution >= 4 is 27.7 Å². The molecule has 2 aromatic carbocycles. The summed E-state index contributed by atoms with van der Waals surface area (Å²) >= 11 is 0. The first-order chi connectivity index (χ1) is 16.3. The van der Waals surface area contributed by atoms with E-state index >= 15 is 0 Å². The van der Waals surface area contributed by atoms with E-state index in [2.05, 4.69) is 10.5 Å². The summed E-state index contributed by atoms with van der Waals surface area (Å²) in [6.07, 6.45) is 4.12. The minimum atomic E-state index is -3.53. The molecule has 1 saturated heterocycles. The maximum absolute atomic E-state index is 12.8. The van der Waals surface area contributed by atoms with Crippen LogP contribution in [0.5, 0.6) is 11.5 Å². The number of piperidine rings is 1. The summed E-state index contributed by atoms with van der Waals surface area (Å²) in [6, 6.07) is 12.6. The molecule has 0 saturated carbocycles. The third kappa shape index (κ3) is 5.81. The number of hydrazone groups is 1. The van der Waals surface area contributed by atoms with Crippen LogP contribution in [0.2, 0.25) is 0 Å². The molecule has 1 fully saturated rings. The largest absolute Gasteiger partial charge is 0.504 e. The number of carbonyl (C=O) groups is 1. The van der Waals surface area contributed by atoms with Gasteiger partial charge in [-0.3, -0.25) is 4.79 Å². The van der Waals surface area contributed by atoms with E-state index in [1.165, 1.54) is 47.8 Å². The van der Waals surface area contributed by atoms with Crippen LogP contribution < -0.4 is 10.2 Å². The number of methoxy groups -OCH3 is 1. The molecule has 0 aromatic heterocycles. The van der Waals surface area contributed by atoms with Gasteiger partial charge in [0.2, 0.25) is 10.0 Å². The third-order valence-corrected chi connectivity index (χ3v) is 7.34. The van der Waals surface area contributed by atoms with E-state index in [-0.39, 0.29) is 22.0 Å². The Morgan fingerprint density at radius 2 is 1.85 bits per heavy atom. The molecule has 1 amide bonds. The van der Waals surface area contributed by atoms with Gasteiger partial charge in [-0.1, -0.05) is 24.6 Å². The number of nitrogens with one attached hydrogen (secondary N) is 1. The molecule has 9 nitrogen and oxygen atoms in total. The van der Waals surface area contributed by atoms with Crippen molar-refractivity contribution in [2.75, 3.05) is 20.2 Å². The van der Waals surface area contributed by atoms with Gasteiger partial charge in [0.25, 0.3) is 5.91 Å². The van der Waals surface area contributed by atoms with E-state index in [0.29, 0.717) is 29.9 Å². The first-order valence-corrected chi connectivity index (χ1v) is 12.1. The van der Waals surface area contributed by atoms with Crippen LogP contribution in [0.15, 0.2) is 58.0 Å². The molecule has 0 unspecified atom stereocenters. The molecule has 10 heteroatoms. The van der Waals surface area contributed by atoms with E-state index in [1.54, 1.807) is 19.1 Å². The highest BCUT2D eigenvalue weighted by Crippen LogP contribution is 2.27. The normalized spacial score (nSPS) is 15.4. The predicted octanol–water partition coefficient (Wildman–Crippen LogP) is 3.02. The highest BCUT2D eigenvalue weighted by atomic mass is 32.2. The lowest BCUT2D eigenvalue weighted by atomic mass is 10.1. The summed E-state index contributed by atoms with van der Waals surface area (Å²) < 4.78 is 32.1. The molecule has 0 aliphatic carbocycles. The van der Waals surface area contributed by atoms with Gasteiger partial charge < -0.3 is 9.84 Å². The topological polar surface area (TPSA) is 132 Å². The molecular formula is C24H26N4O5S. The minimum absolute atomic E-state index is 0.0578. The fourth-order valence-electron chi connectivity index (χ4n) is 3.48. The predicted molar refractivity (Wildman–Crippen MR) is 128 cm³/mol. The zero-order valence-corrected chi connectivity index (χ0v) is 19.8. The van der Waals surface area contributed by atoms with Gasteiger partial charge in [0, 0.05) is 13.1 Å². The highest BCUT2D eigenvalue weighted by Gasteiger charge is 2.25. The van der Waals surface area contributed by atoms with Crippen molar-refractivity contribution in [3.8, 4) is 17.6 Å². The quantitative estimate of drug-likeness (QED) is 0.270. The van der Waals surface area contributed by atoms with Crippen LogP contribution in [0.1, 0.15) is 37.3 Å². The summed E-state index contributed by atoms with van der Waals surface area (Å²) in [5, 5.41) is 23.1. The van der Waals surface area contributed by atoms with E-state index < -0.39 is 15.9 Å². The maximum Gasteiger partial charge on any atom is 0.282 e. The summed E-state index contributed by atoms with van der Waals surface area (Å²) in [6.45, 7) is 2.72. The van der Waals surface area contributed by atoms with E-state index in [1.807, 2.05) is 6.07 Å². The van der Waals surface area contributed by atoms with Crippen molar-refractivity contribution in [1.29, 1.82) is 5.26 Å². The lowest BCUT2D eigenvalue weighted by molar-refractivity contribution is -0.117. The number of ether oxygens (including phenoxy) is 1. The molecule has 1 aliphatic rings. The molecule has 2 aromatic rings. The number of phenolic OH excluding ortho intramolecular Hbond substituents is 1. The van der Waals surface area contributed by atoms with Crippen LogP contribution in [0.4, 0.5) is 0 Å². The van der Waals surface area contributed by atoms with Gasteiger partial charge in [-0.05, 0) is 61.2 Å². The Bertz CT molecular complexity index is 1260. The Morgan fingerprint density at radius 3 is 2.47 bits per heavy atom. The van der Waals surface area contributed by atoms with Crippen LogP contribution in [0, 0.1) is 11.3 Å². The third-order valence-electron chi connectivity index (χ3n) is 5.43. The minimum Gasteiger partial charge on any atom is -0.504 e. The van der Waals surface area contributed by atoms with Crippen molar-refractivity contribution in [3.63, 3.8) is 0 Å². The number of nitrogens with zero attached hydrogens (tertiary/aromatic N) is 3. The van der Waals surface area contributed by atoms with Crippen molar-refractivity contribution in [1.82, 2.24) is 9.73 Å². The van der Waals surface area contributed by atoms with Crippen molar-refractivity contribution in [3.05, 3.63) is 59.2 Å². The molecule has 34 heavy (non-hydrogen) atoms. The van der Waals surface area contributed by atoms with Crippen LogP contribution in [-0.4, -0.2) is 49.6 Å². The van der Waals surface area contributed by atoms with E-state index in [9.17, 15) is 23.6 Å². The highest BCUT2D eigenvalue weighted by molar-refractivity contribution is 7.89. The fraction of sp³-hybridized carbons (Fsp3) is 0.292. The first kappa shape index (κ1) is 25.0. The SMILES string of the molecule is COc1cc(/C=C(\C#N)C(=O)N/N=C(\C)c2ccc(S(=O)(=O)N3CCCCC3)cc2)ccc1O. The second kappa shape index (κ2) is 11.0. The number of nitriles is 1. The van der Waals surface area contributed by atoms with Gasteiger partial charge in [0.05, 0.1) is 17.7 Å². The molecular weight excluding hydrogens is 456 g/mol. The zero-order valence-electron chi connectivity index (χ0n) is 19.0. The average Bonchev–Trinajstić information content (AvgIpc) is 2.87. The Kier molecular flexibility index (Phi) is 8.04. The van der Waals surface area contributed by atoms with Crippen LogP contribution in [0.3, 0.4) is 0 Å². The number of amides is 1. The number of hydrogen-bond acceptors (Lipinski definition) is 7. The first-order valence-electron chi connectivity index (χ1n) is 10.7. The van der Waals surface area contributed by atoms with Crippen molar-refractivity contribution < 1.29 is 23.1 Å². The van der Waals surface area contributed by atoms with E-state index in [4.69, 9.17) is 4.74 Å². The van der Waals surface area contributed by atoms with Gasteiger partial charge in [0.1, 0.15) is 11.6 Å². The monoisotopic (exact) mass is 482 g/mol. The number of hydrogen-bond donors (Lipinski definition) is 2. The Morgan fingerprint density at radius 1 is 1.18 bits per heavy atom. The molecule has 1 heterocycles. The molecule has 3 rings (SSSR count). The van der Waals surface area contributed by atoms with E-state index in [0.717, 1.165) is 19.3 Å². The summed E-state index contributed by atoms with van der Waals surface area (Å²) in [4.78, 5) is 12.6. The number of sulfonamides is 1. The van der Waals surface area contributed by atoms with Gasteiger partial charge in [-0.25, -0.2) is 13.8 Å². The number of benzene rings is 2. The smallest absolute Gasteiger partial charge is 0.282 e. The number of rotatable bonds is 7. The standard InChI is InChI=1S/C24H26N4O5S/c1-17(19-7-9-21(10-8-19)34(31,32)28-12-4-3-5-13-28)26-27-24(30)20(16-25)14-18-6-11-22(29)23(15-18)33-2/h6-11,14-15,29H,3-5,12-13H2,1-2H3,(H,27,30)/b20-14+,26-17+. The lowest BCUT2D eigenvalue weighted by Crippen LogP contribution is -2.35. The molecule has 1 aliphatic heterocycles. The van der Waals surface area contributed by atoms with Crippen LogP contribution in [-0.2, 0) is 14.8 Å². The second-order valence-corrected chi connectivity index (χ2v) is 9.67. The Balaban J connectivity index is 1.71. The molecule has 0 bridgehead atoms. The zero-order chi connectivity index (χ0) is 24.7. The maximum atomic E-state index is 12.8. The summed E-state index contributed by atoms with van der Waals surface area (Å²) in [5.74, 6) is -0.554. The van der Waals surface area contributed by atoms with Crippen LogP contribution >= 0.6 is 0 Å². The molecule has 0 atom stereocenters.